The van der Waals surface area contributed by atoms with Gasteiger partial charge in [0.05, 0.1) is 10.4 Å². The van der Waals surface area contributed by atoms with Crippen molar-refractivity contribution >= 4 is 16.6 Å². The molecule has 1 heterocycles. The third-order valence-corrected chi connectivity index (χ3v) is 1.96. The van der Waals surface area contributed by atoms with Gasteiger partial charge in [-0.25, -0.2) is 0 Å². The fourth-order valence-electron chi connectivity index (χ4n) is 1.36. The molecule has 0 fully saturated rings. The second kappa shape index (κ2) is 2.95. The molecule has 0 radical (unpaired) electrons. The summed E-state index contributed by atoms with van der Waals surface area (Å²) in [5.41, 5.74) is -0.487. The fraction of sp³-hybridized carbons (Fsp3) is 0. The molecule has 0 saturated heterocycles. The summed E-state index contributed by atoms with van der Waals surface area (Å²) in [6.45, 7) is 0. The van der Waals surface area contributed by atoms with Gasteiger partial charge in [0.15, 0.2) is 5.69 Å². The second-order valence-corrected chi connectivity index (χ2v) is 2.76. The number of nitro benzene ring substituents is 1. The number of nitrogens with zero attached hydrogens (tertiary/aromatic N) is 4. The molecule has 0 aliphatic heterocycles. The maximum absolute atomic E-state index is 11.2. The van der Waals surface area contributed by atoms with E-state index in [2.05, 4.69) is 5.10 Å². The summed E-state index contributed by atoms with van der Waals surface area (Å²) in [4.78, 5) is 10.2. The van der Waals surface area contributed by atoms with Crippen molar-refractivity contribution in [1.82, 2.24) is 9.94 Å². The van der Waals surface area contributed by atoms with Crippen LogP contribution in [0.4, 0.5) is 5.69 Å². The van der Waals surface area contributed by atoms with Crippen LogP contribution < -0.4 is 0 Å². The van der Waals surface area contributed by atoms with Gasteiger partial charge in [0.1, 0.15) is 11.5 Å². The van der Waals surface area contributed by atoms with Crippen molar-refractivity contribution in [2.24, 2.45) is 0 Å². The summed E-state index contributed by atoms with van der Waals surface area (Å²) in [6.07, 6.45) is 0. The number of rotatable bonds is 1. The Labute approximate surface area is 82.9 Å². The number of hydrogen-bond acceptors (Lipinski definition) is 5. The van der Waals surface area contributed by atoms with Gasteiger partial charge < -0.3 is 5.21 Å². The van der Waals surface area contributed by atoms with Crippen LogP contribution in [0.25, 0.3) is 10.9 Å². The number of fused-ring (bicyclic) bond motifs is 1. The van der Waals surface area contributed by atoms with E-state index in [-0.39, 0.29) is 27.1 Å². The Morgan fingerprint density at radius 1 is 1.53 bits per heavy atom. The van der Waals surface area contributed by atoms with Gasteiger partial charge in [-0.1, -0.05) is 6.07 Å². The van der Waals surface area contributed by atoms with Gasteiger partial charge >= 0.3 is 0 Å². The predicted molar refractivity (Wildman–Crippen MR) is 49.9 cm³/mol. The van der Waals surface area contributed by atoms with Gasteiger partial charge in [-0.05, 0) is 6.07 Å². The van der Waals surface area contributed by atoms with E-state index in [0.29, 0.717) is 0 Å². The monoisotopic (exact) mass is 203 g/mol. The van der Waals surface area contributed by atoms with Crippen LogP contribution in [-0.2, 0) is 0 Å². The minimum absolute atomic E-state index is 0.0139. The second-order valence-electron chi connectivity index (χ2n) is 2.76. The maximum Gasteiger partial charge on any atom is 0.281 e. The van der Waals surface area contributed by atoms with Gasteiger partial charge in [-0.2, -0.15) is 10.4 Å². The molecule has 0 N–H and O–H groups in total. The van der Waals surface area contributed by atoms with Crippen LogP contribution in [0, 0.1) is 26.7 Å². The van der Waals surface area contributed by atoms with Crippen LogP contribution >= 0.6 is 0 Å². The third kappa shape index (κ3) is 1.16. The van der Waals surface area contributed by atoms with E-state index in [4.69, 9.17) is 5.26 Å². The third-order valence-electron chi connectivity index (χ3n) is 1.96. The smallest absolute Gasteiger partial charge is 0.281 e. The first-order chi connectivity index (χ1) is 7.15. The van der Waals surface area contributed by atoms with E-state index in [0.717, 1.165) is 0 Å². The molecule has 0 amide bonds. The number of benzene rings is 1. The Morgan fingerprint density at radius 3 is 2.87 bits per heavy atom. The molecular weight excluding hydrogens is 200 g/mol. The Morgan fingerprint density at radius 2 is 2.27 bits per heavy atom. The van der Waals surface area contributed by atoms with Crippen LogP contribution in [0.1, 0.15) is 5.69 Å². The van der Waals surface area contributed by atoms with Gasteiger partial charge in [0.2, 0.25) is 0 Å². The standard InChI is InChI=1S/C8H3N4O3/c9-4-5-8-6(11(13)10-5)2-1-3-7(8)12(14)15/h1-3H/q-1. The quantitative estimate of drug-likeness (QED) is 0.510. The predicted octanol–water partition coefficient (Wildman–Crippen LogP) is 1.16. The normalized spacial score (nSPS) is 10.1. The highest BCUT2D eigenvalue weighted by molar-refractivity contribution is 5.92. The van der Waals surface area contributed by atoms with E-state index >= 15 is 0 Å². The van der Waals surface area contributed by atoms with Crippen molar-refractivity contribution in [1.29, 1.82) is 5.26 Å². The van der Waals surface area contributed by atoms with Gasteiger partial charge in [0, 0.05) is 6.07 Å². The lowest BCUT2D eigenvalue weighted by molar-refractivity contribution is -0.383. The van der Waals surface area contributed by atoms with Crippen LogP contribution in [0.3, 0.4) is 0 Å². The Bertz CT molecular complexity index is 596. The van der Waals surface area contributed by atoms with Crippen molar-refractivity contribution in [3.05, 3.63) is 39.2 Å². The fourth-order valence-corrected chi connectivity index (χ4v) is 1.36. The van der Waals surface area contributed by atoms with Crippen molar-refractivity contribution in [2.75, 3.05) is 0 Å². The molecule has 1 aromatic carbocycles. The largest absolute Gasteiger partial charge is 0.790 e. The summed E-state index contributed by atoms with van der Waals surface area (Å²) in [7, 11) is 0. The summed E-state index contributed by atoms with van der Waals surface area (Å²) in [5, 5.41) is 33.8. The van der Waals surface area contributed by atoms with E-state index in [9.17, 15) is 15.3 Å². The average molecular weight is 203 g/mol. The molecule has 2 rings (SSSR count). The highest BCUT2D eigenvalue weighted by Gasteiger charge is 2.18. The van der Waals surface area contributed by atoms with Crippen molar-refractivity contribution in [3.63, 3.8) is 0 Å². The summed E-state index contributed by atoms with van der Waals surface area (Å²) < 4.78 is 0. The topological polar surface area (TPSA) is 108 Å². The highest BCUT2D eigenvalue weighted by Crippen LogP contribution is 2.27. The lowest BCUT2D eigenvalue weighted by Crippen LogP contribution is -1.89. The SMILES string of the molecule is N#Cc1nn([O-])c2cccc([N+](=O)[O-])c12. The molecule has 7 heteroatoms. The van der Waals surface area contributed by atoms with E-state index in [1.54, 1.807) is 6.07 Å². The molecule has 0 aliphatic rings. The molecule has 2 aromatic rings. The Balaban J connectivity index is 2.96. The highest BCUT2D eigenvalue weighted by atomic mass is 16.6. The zero-order valence-corrected chi connectivity index (χ0v) is 7.25. The minimum Gasteiger partial charge on any atom is -0.790 e. The molecule has 0 aliphatic carbocycles. The van der Waals surface area contributed by atoms with E-state index in [1.807, 2.05) is 0 Å². The van der Waals surface area contributed by atoms with Crippen LogP contribution in [0.2, 0.25) is 0 Å². The molecule has 0 unspecified atom stereocenters. The molecular formula is C8H3N4O3-. The lowest BCUT2D eigenvalue weighted by Gasteiger charge is -2.03. The van der Waals surface area contributed by atoms with Crippen molar-refractivity contribution in [3.8, 4) is 6.07 Å². The molecule has 15 heavy (non-hydrogen) atoms. The van der Waals surface area contributed by atoms with Gasteiger partial charge in [-0.3, -0.25) is 15.0 Å². The molecule has 1 aromatic heterocycles. The number of non-ortho nitro benzene ring substituents is 1. The van der Waals surface area contributed by atoms with Crippen LogP contribution in [0.5, 0.6) is 0 Å². The summed E-state index contributed by atoms with van der Waals surface area (Å²) in [6, 6.07) is 5.63. The van der Waals surface area contributed by atoms with Crippen LogP contribution in [-0.4, -0.2) is 14.9 Å². The van der Waals surface area contributed by atoms with Crippen molar-refractivity contribution < 1.29 is 4.92 Å². The number of nitro groups is 1. The van der Waals surface area contributed by atoms with Gasteiger partial charge in [0.25, 0.3) is 5.69 Å². The number of aromatic nitrogens is 2. The first kappa shape index (κ1) is 8.96. The summed E-state index contributed by atoms with van der Waals surface area (Å²) >= 11 is 0. The van der Waals surface area contributed by atoms with E-state index < -0.39 is 4.92 Å². The average Bonchev–Trinajstić information content (AvgIpc) is 2.55. The molecule has 0 saturated carbocycles. The zero-order valence-electron chi connectivity index (χ0n) is 7.25. The molecule has 74 valence electrons. The molecule has 0 spiro atoms. The number of hydrogen-bond donors (Lipinski definition) is 0. The molecule has 0 atom stereocenters. The first-order valence-corrected chi connectivity index (χ1v) is 3.89. The first-order valence-electron chi connectivity index (χ1n) is 3.89. The number of nitriles is 1. The lowest BCUT2D eigenvalue weighted by atomic mass is 10.2. The minimum atomic E-state index is -0.648. The summed E-state index contributed by atoms with van der Waals surface area (Å²) in [5.74, 6) is 0. The van der Waals surface area contributed by atoms with Gasteiger partial charge in [-0.15, -0.1) is 0 Å². The molecule has 0 bridgehead atoms. The van der Waals surface area contributed by atoms with Crippen LogP contribution in [0.15, 0.2) is 18.2 Å². The maximum atomic E-state index is 11.2. The Hall–Kier alpha value is -2.62. The van der Waals surface area contributed by atoms with E-state index in [1.165, 1.54) is 18.2 Å². The Kier molecular flexibility index (Phi) is 1.76. The van der Waals surface area contributed by atoms with Crippen molar-refractivity contribution in [2.45, 2.75) is 0 Å². The zero-order chi connectivity index (χ0) is 11.0. The molecule has 7 nitrogen and oxygen atoms in total.